The lowest BCUT2D eigenvalue weighted by Gasteiger charge is -2.27. The fourth-order valence-electron chi connectivity index (χ4n) is 9.83. The third kappa shape index (κ3) is 6.28. The van der Waals surface area contributed by atoms with Crippen molar-refractivity contribution in [3.05, 3.63) is 237 Å². The largest absolute Gasteiger partial charge is 0.456 e. The molecule has 2 heterocycles. The Hall–Kier alpha value is -8.66. The second kappa shape index (κ2) is 15.0. The average Bonchev–Trinajstić information content (AvgIpc) is 3.95. The number of rotatable bonds is 7. The molecule has 0 saturated heterocycles. The van der Waals surface area contributed by atoms with E-state index in [4.69, 9.17) is 8.83 Å². The molecule has 13 aromatic rings. The van der Waals surface area contributed by atoms with Crippen molar-refractivity contribution in [3.63, 3.8) is 0 Å². The van der Waals surface area contributed by atoms with Crippen molar-refractivity contribution >= 4 is 82.5 Å². The van der Waals surface area contributed by atoms with Crippen LogP contribution in [0, 0.1) is 0 Å². The third-order valence-electron chi connectivity index (χ3n) is 13.1. The summed E-state index contributed by atoms with van der Waals surface area (Å²) in [5.74, 6) is 0. The SMILES string of the molecule is c1ccc(-c2ccc3c(c2)oc2cc(N(c4ccc(-c5ccc6ccc7ccccc7c6c5)cc4)c4ccc(-c5ccccc5)c5oc6cc(-c7ccccc7)ccc6c45)ccc23)cc1. The smallest absolute Gasteiger partial charge is 0.145 e. The first-order valence-corrected chi connectivity index (χ1v) is 22.1. The van der Waals surface area contributed by atoms with Crippen LogP contribution < -0.4 is 4.90 Å². The van der Waals surface area contributed by atoms with Crippen molar-refractivity contribution in [2.24, 2.45) is 0 Å². The number of nitrogens with zero attached hydrogens (tertiary/aromatic N) is 1. The van der Waals surface area contributed by atoms with Crippen molar-refractivity contribution in [2.45, 2.75) is 0 Å². The first-order valence-electron chi connectivity index (χ1n) is 22.1. The van der Waals surface area contributed by atoms with Gasteiger partial charge in [0.05, 0.1) is 11.1 Å². The molecular formula is C62H39NO2. The highest BCUT2D eigenvalue weighted by molar-refractivity contribution is 6.18. The Kier molecular flexibility index (Phi) is 8.53. The van der Waals surface area contributed by atoms with Crippen LogP contribution in [-0.2, 0) is 0 Å². The minimum absolute atomic E-state index is 0.828. The number of anilines is 3. The molecule has 11 aromatic carbocycles. The Morgan fingerprint density at radius 2 is 0.769 bits per heavy atom. The quantitative estimate of drug-likeness (QED) is 0.150. The fraction of sp³-hybridized carbons (Fsp3) is 0. The summed E-state index contributed by atoms with van der Waals surface area (Å²) in [7, 11) is 0. The summed E-state index contributed by atoms with van der Waals surface area (Å²) in [5.41, 5.74) is 15.4. The third-order valence-corrected chi connectivity index (χ3v) is 13.1. The van der Waals surface area contributed by atoms with Gasteiger partial charge in [0.15, 0.2) is 0 Å². The van der Waals surface area contributed by atoms with Crippen LogP contribution in [0.2, 0.25) is 0 Å². The van der Waals surface area contributed by atoms with Gasteiger partial charge in [-0.25, -0.2) is 0 Å². The molecule has 0 atom stereocenters. The van der Waals surface area contributed by atoms with E-state index in [1.165, 1.54) is 27.1 Å². The van der Waals surface area contributed by atoms with E-state index in [1.54, 1.807) is 0 Å². The summed E-state index contributed by atoms with van der Waals surface area (Å²) in [5, 5.41) is 9.26. The van der Waals surface area contributed by atoms with E-state index in [1.807, 2.05) is 6.07 Å². The minimum Gasteiger partial charge on any atom is -0.456 e. The van der Waals surface area contributed by atoms with Crippen molar-refractivity contribution in [1.29, 1.82) is 0 Å². The number of fused-ring (bicyclic) bond motifs is 9. The molecule has 3 heteroatoms. The molecule has 304 valence electrons. The van der Waals surface area contributed by atoms with Crippen LogP contribution in [0.15, 0.2) is 245 Å². The Labute approximate surface area is 375 Å². The molecule has 0 aliphatic rings. The van der Waals surface area contributed by atoms with Gasteiger partial charge in [-0.2, -0.15) is 0 Å². The van der Waals surface area contributed by atoms with Crippen molar-refractivity contribution < 1.29 is 8.83 Å². The maximum atomic E-state index is 7.02. The summed E-state index contributed by atoms with van der Waals surface area (Å²) in [6, 6.07) is 84.5. The molecule has 65 heavy (non-hydrogen) atoms. The van der Waals surface area contributed by atoms with Crippen LogP contribution in [0.4, 0.5) is 17.1 Å². The van der Waals surface area contributed by atoms with E-state index in [-0.39, 0.29) is 0 Å². The Balaban J connectivity index is 1.01. The first-order chi connectivity index (χ1) is 32.2. The molecule has 0 unspecified atom stereocenters. The second-order valence-corrected chi connectivity index (χ2v) is 16.8. The second-order valence-electron chi connectivity index (χ2n) is 16.8. The molecular weight excluding hydrogens is 791 g/mol. The molecule has 0 radical (unpaired) electrons. The Morgan fingerprint density at radius 3 is 1.48 bits per heavy atom. The van der Waals surface area contributed by atoms with Gasteiger partial charge in [-0.05, 0) is 127 Å². The van der Waals surface area contributed by atoms with Gasteiger partial charge in [-0.1, -0.05) is 164 Å². The number of hydrogen-bond donors (Lipinski definition) is 0. The van der Waals surface area contributed by atoms with Crippen molar-refractivity contribution in [2.75, 3.05) is 4.90 Å². The molecule has 3 nitrogen and oxygen atoms in total. The standard InChI is InChI=1S/C62H39NO2/c1-4-12-40(13-5-1)47-26-31-53-54-33-30-50(39-60(54)64-58(53)37-47)63(49-28-24-42(25-29-49)46-23-22-45-21-20-44-18-10-11-19-51(44)56(45)36-46)57-35-34-52(43-16-8-3-9-17-43)62-61(57)55-32-27-48(38-59(55)65-62)41-14-6-2-7-15-41/h1-39H. The van der Waals surface area contributed by atoms with Gasteiger partial charge in [-0.15, -0.1) is 0 Å². The number of hydrogen-bond acceptors (Lipinski definition) is 3. The Bertz CT molecular complexity index is 3920. The average molecular weight is 830 g/mol. The molecule has 13 rings (SSSR count). The van der Waals surface area contributed by atoms with E-state index >= 15 is 0 Å². The zero-order valence-electron chi connectivity index (χ0n) is 35.3. The van der Waals surface area contributed by atoms with Crippen LogP contribution in [0.1, 0.15) is 0 Å². The zero-order valence-corrected chi connectivity index (χ0v) is 35.3. The Morgan fingerprint density at radius 1 is 0.277 bits per heavy atom. The summed E-state index contributed by atoms with van der Waals surface area (Å²) < 4.78 is 13.8. The van der Waals surface area contributed by atoms with Crippen molar-refractivity contribution in [3.8, 4) is 44.5 Å². The summed E-state index contributed by atoms with van der Waals surface area (Å²) in [6.07, 6.45) is 0. The molecule has 0 aliphatic carbocycles. The molecule has 0 amide bonds. The van der Waals surface area contributed by atoms with Crippen molar-refractivity contribution in [1.82, 2.24) is 0 Å². The van der Waals surface area contributed by atoms with Crippen LogP contribution in [0.25, 0.3) is 110 Å². The van der Waals surface area contributed by atoms with E-state index < -0.39 is 0 Å². The van der Waals surface area contributed by atoms with E-state index in [0.29, 0.717) is 0 Å². The van der Waals surface area contributed by atoms with Crippen LogP contribution in [-0.4, -0.2) is 0 Å². The lowest BCUT2D eigenvalue weighted by molar-refractivity contribution is 0.669. The van der Waals surface area contributed by atoms with E-state index in [2.05, 4.69) is 235 Å². The van der Waals surface area contributed by atoms with Gasteiger partial charge in [0, 0.05) is 39.2 Å². The molecule has 0 aliphatic heterocycles. The predicted octanol–water partition coefficient (Wildman–Crippen LogP) is 17.9. The summed E-state index contributed by atoms with van der Waals surface area (Å²) in [4.78, 5) is 2.36. The summed E-state index contributed by atoms with van der Waals surface area (Å²) >= 11 is 0. The minimum atomic E-state index is 0.828. The van der Waals surface area contributed by atoms with Gasteiger partial charge in [0.2, 0.25) is 0 Å². The van der Waals surface area contributed by atoms with Crippen LogP contribution >= 0.6 is 0 Å². The summed E-state index contributed by atoms with van der Waals surface area (Å²) in [6.45, 7) is 0. The van der Waals surface area contributed by atoms with Crippen LogP contribution in [0.5, 0.6) is 0 Å². The zero-order chi connectivity index (χ0) is 42.8. The molecule has 0 fully saturated rings. The van der Waals surface area contributed by atoms with E-state index in [0.717, 1.165) is 99.9 Å². The topological polar surface area (TPSA) is 29.5 Å². The molecule has 0 spiro atoms. The van der Waals surface area contributed by atoms with Gasteiger partial charge in [-0.3, -0.25) is 0 Å². The normalized spacial score (nSPS) is 11.7. The molecule has 0 saturated carbocycles. The van der Waals surface area contributed by atoms with Gasteiger partial charge >= 0.3 is 0 Å². The maximum absolute atomic E-state index is 7.02. The number of benzene rings is 11. The highest BCUT2D eigenvalue weighted by Gasteiger charge is 2.24. The van der Waals surface area contributed by atoms with Gasteiger partial charge < -0.3 is 13.7 Å². The molecule has 2 aromatic heterocycles. The first kappa shape index (κ1) is 36.9. The van der Waals surface area contributed by atoms with Crippen LogP contribution in [0.3, 0.4) is 0 Å². The van der Waals surface area contributed by atoms with Gasteiger partial charge in [0.25, 0.3) is 0 Å². The fourth-order valence-corrected chi connectivity index (χ4v) is 9.83. The molecule has 0 N–H and O–H groups in total. The van der Waals surface area contributed by atoms with E-state index in [9.17, 15) is 0 Å². The maximum Gasteiger partial charge on any atom is 0.145 e. The lowest BCUT2D eigenvalue weighted by Crippen LogP contribution is -2.10. The monoisotopic (exact) mass is 829 g/mol. The van der Waals surface area contributed by atoms with Gasteiger partial charge in [0.1, 0.15) is 22.3 Å². The predicted molar refractivity (Wildman–Crippen MR) is 272 cm³/mol. The highest BCUT2D eigenvalue weighted by Crippen LogP contribution is 2.48. The molecule has 0 bridgehead atoms. The highest BCUT2D eigenvalue weighted by atomic mass is 16.3. The lowest BCUT2D eigenvalue weighted by atomic mass is 9.96. The number of furan rings is 2.